The third-order valence-corrected chi connectivity index (χ3v) is 0.739. The molecule has 0 atom stereocenters. The predicted molar refractivity (Wildman–Crippen MR) is 27.0 cm³/mol. The number of rotatable bonds is 1. The Kier molecular flexibility index (Phi) is 9.33. The van der Waals surface area contributed by atoms with E-state index in [1.54, 1.807) is 0 Å². The van der Waals surface area contributed by atoms with Gasteiger partial charge in [0.05, 0.1) is 0 Å². The molecule has 0 unspecified atom stereocenters. The van der Waals surface area contributed by atoms with Gasteiger partial charge in [-0.15, -0.1) is 12.2 Å². The number of hydrogen-bond donors (Lipinski definition) is 0. The normalized spacial score (nSPS) is 6.33. The van der Waals surface area contributed by atoms with Gasteiger partial charge < -0.3 is 12.6 Å². The van der Waals surface area contributed by atoms with E-state index in [4.69, 9.17) is 0 Å². The van der Waals surface area contributed by atoms with E-state index in [0.717, 1.165) is 5.57 Å². The van der Waals surface area contributed by atoms with Crippen molar-refractivity contribution in [2.24, 2.45) is 0 Å². The van der Waals surface area contributed by atoms with Crippen LogP contribution in [0.25, 0.3) is 0 Å². The summed E-state index contributed by atoms with van der Waals surface area (Å²) in [7, 11) is 0. The third kappa shape index (κ3) is 8.82. The van der Waals surface area contributed by atoms with Crippen molar-refractivity contribution in [3.8, 4) is 0 Å². The van der Waals surface area contributed by atoms with E-state index in [1.165, 1.54) is 0 Å². The maximum Gasteiger partial charge on any atom is 1.00 e. The second-order valence-electron chi connectivity index (χ2n) is 1.10. The van der Waals surface area contributed by atoms with Crippen LogP contribution < -0.4 is 18.9 Å². The zero-order chi connectivity index (χ0) is 4.28. The maximum atomic E-state index is 4.58. The molecule has 0 saturated carbocycles. The van der Waals surface area contributed by atoms with Crippen LogP contribution >= 0.6 is 0 Å². The van der Waals surface area contributed by atoms with Crippen molar-refractivity contribution in [1.29, 1.82) is 0 Å². The summed E-state index contributed by atoms with van der Waals surface area (Å²) >= 11 is 4.58. The molecule has 0 aromatic carbocycles. The third-order valence-electron chi connectivity index (χ3n) is 0.246. The Labute approximate surface area is 56.6 Å². The van der Waals surface area contributed by atoms with E-state index < -0.39 is 0 Å². The molecule has 0 aromatic rings. The summed E-state index contributed by atoms with van der Waals surface area (Å²) in [6, 6.07) is 0. The molecule has 2 heteroatoms. The summed E-state index contributed by atoms with van der Waals surface area (Å²) < 4.78 is 0. The fourth-order valence-corrected chi connectivity index (χ4v) is 0. The second-order valence-corrected chi connectivity index (χ2v) is 1.39. The Balaban J connectivity index is 0. The van der Waals surface area contributed by atoms with Crippen LogP contribution in [0.3, 0.4) is 0 Å². The van der Waals surface area contributed by atoms with Crippen LogP contribution in [0.15, 0.2) is 12.2 Å². The van der Waals surface area contributed by atoms with Gasteiger partial charge in [-0.25, -0.2) is 0 Å². The van der Waals surface area contributed by atoms with Crippen LogP contribution in [0.2, 0.25) is 0 Å². The van der Waals surface area contributed by atoms with Crippen molar-refractivity contribution in [2.75, 3.05) is 5.75 Å². The summed E-state index contributed by atoms with van der Waals surface area (Å²) in [5.74, 6) is 0.694. The van der Waals surface area contributed by atoms with E-state index >= 15 is 0 Å². The average Bonchev–Trinajstić information content (AvgIpc) is 1.38. The van der Waals surface area contributed by atoms with Crippen LogP contribution in [-0.2, 0) is 12.6 Å². The molecule has 6 heavy (non-hydrogen) atoms. The van der Waals surface area contributed by atoms with Gasteiger partial charge in [0.1, 0.15) is 0 Å². The average molecular weight is 94.1 g/mol. The molecule has 0 fully saturated rings. The van der Waals surface area contributed by atoms with Crippen molar-refractivity contribution in [3.05, 3.63) is 12.2 Å². The fraction of sp³-hybridized carbons (Fsp3) is 0.500. The first-order chi connectivity index (χ1) is 2.27. The van der Waals surface area contributed by atoms with Crippen LogP contribution in [0.4, 0.5) is 0 Å². The van der Waals surface area contributed by atoms with Crippen LogP contribution in [0.1, 0.15) is 6.92 Å². The molecule has 0 aliphatic heterocycles. The molecule has 0 amide bonds. The molecule has 0 heterocycles. The van der Waals surface area contributed by atoms with Crippen molar-refractivity contribution >= 4 is 12.6 Å². The van der Waals surface area contributed by atoms with E-state index in [1.807, 2.05) is 6.92 Å². The second kappa shape index (κ2) is 5.69. The summed E-state index contributed by atoms with van der Waals surface area (Å²) in [5, 5.41) is 0. The molecule has 0 N–H and O–H groups in total. The quantitative estimate of drug-likeness (QED) is 0.208. The van der Waals surface area contributed by atoms with Crippen LogP contribution in [0.5, 0.6) is 0 Å². The molecule has 0 aliphatic rings. The molecule has 0 aliphatic carbocycles. The molecule has 0 radical (unpaired) electrons. The Morgan fingerprint density at radius 3 is 2.00 bits per heavy atom. The standard InChI is InChI=1S/C4H8S.Li/c1-4(2)3-5;/h5H,1,3H2,2H3;/q;+1/p-1. The van der Waals surface area contributed by atoms with Gasteiger partial charge in [-0.2, -0.15) is 5.75 Å². The van der Waals surface area contributed by atoms with Gasteiger partial charge in [0, 0.05) is 0 Å². The Hall–Kier alpha value is 0.687. The maximum absolute atomic E-state index is 4.58. The monoisotopic (exact) mass is 94.0 g/mol. The Morgan fingerprint density at radius 2 is 2.00 bits per heavy atom. The molecule has 0 spiro atoms. The Bertz CT molecular complexity index is 42.8. The first kappa shape index (κ1) is 9.85. The van der Waals surface area contributed by atoms with Gasteiger partial charge in [0.25, 0.3) is 0 Å². The fourth-order valence-electron chi connectivity index (χ4n) is 0. The van der Waals surface area contributed by atoms with Crippen molar-refractivity contribution < 1.29 is 18.9 Å². The minimum atomic E-state index is 0. The molecule has 30 valence electrons. The minimum Gasteiger partial charge on any atom is -0.788 e. The SMILES string of the molecule is C=C(C)C[S-].[Li+]. The van der Waals surface area contributed by atoms with Crippen molar-refractivity contribution in [2.45, 2.75) is 6.92 Å². The van der Waals surface area contributed by atoms with Gasteiger partial charge >= 0.3 is 18.9 Å². The summed E-state index contributed by atoms with van der Waals surface area (Å²) in [4.78, 5) is 0. The molecule has 0 saturated heterocycles. The Morgan fingerprint density at radius 1 is 1.83 bits per heavy atom. The van der Waals surface area contributed by atoms with Crippen molar-refractivity contribution in [1.82, 2.24) is 0 Å². The largest absolute Gasteiger partial charge is 1.00 e. The predicted octanol–water partition coefficient (Wildman–Crippen LogP) is -1.89. The van der Waals surface area contributed by atoms with E-state index in [9.17, 15) is 0 Å². The molecule has 0 nitrogen and oxygen atoms in total. The van der Waals surface area contributed by atoms with Gasteiger partial charge in [-0.1, -0.05) is 0 Å². The molecule has 0 bridgehead atoms. The number of hydrogen-bond acceptors (Lipinski definition) is 1. The summed E-state index contributed by atoms with van der Waals surface area (Å²) in [6.07, 6.45) is 0. The first-order valence-electron chi connectivity index (χ1n) is 1.50. The van der Waals surface area contributed by atoms with Gasteiger partial charge in [0.15, 0.2) is 0 Å². The minimum absolute atomic E-state index is 0. The van der Waals surface area contributed by atoms with Gasteiger partial charge in [-0.05, 0) is 6.92 Å². The topological polar surface area (TPSA) is 0 Å². The summed E-state index contributed by atoms with van der Waals surface area (Å²) in [6.45, 7) is 5.49. The van der Waals surface area contributed by atoms with Gasteiger partial charge in [-0.3, -0.25) is 0 Å². The van der Waals surface area contributed by atoms with Crippen molar-refractivity contribution in [3.63, 3.8) is 0 Å². The summed E-state index contributed by atoms with van der Waals surface area (Å²) in [5.41, 5.74) is 1.07. The van der Waals surface area contributed by atoms with E-state index in [0.29, 0.717) is 5.75 Å². The van der Waals surface area contributed by atoms with E-state index in [2.05, 4.69) is 19.2 Å². The van der Waals surface area contributed by atoms with Crippen LogP contribution in [0, 0.1) is 0 Å². The van der Waals surface area contributed by atoms with Gasteiger partial charge in [0.2, 0.25) is 0 Å². The van der Waals surface area contributed by atoms with E-state index in [-0.39, 0.29) is 18.9 Å². The molecule has 0 aromatic heterocycles. The molecular weight excluding hydrogens is 87.1 g/mol. The zero-order valence-corrected chi connectivity index (χ0v) is 5.14. The zero-order valence-electron chi connectivity index (χ0n) is 4.32. The smallest absolute Gasteiger partial charge is 0.788 e. The first-order valence-corrected chi connectivity index (χ1v) is 2.07. The molecule has 0 rings (SSSR count). The van der Waals surface area contributed by atoms with Crippen LogP contribution in [-0.4, -0.2) is 5.75 Å². The molecular formula is C4H7LiS.